The van der Waals surface area contributed by atoms with Crippen molar-refractivity contribution in [2.24, 2.45) is 17.1 Å². The summed E-state index contributed by atoms with van der Waals surface area (Å²) in [5.41, 5.74) is 9.64. The SMILES string of the molecule is CC1(C)CCC(c2ccc(NC3CCC(C(C)(C)N)CC3)cc2)CC1. The second kappa shape index (κ2) is 7.31. The van der Waals surface area contributed by atoms with Gasteiger partial charge in [0.25, 0.3) is 0 Å². The number of benzene rings is 1. The van der Waals surface area contributed by atoms with Crippen LogP contribution < -0.4 is 11.1 Å². The molecule has 140 valence electrons. The predicted molar refractivity (Wildman–Crippen MR) is 109 cm³/mol. The van der Waals surface area contributed by atoms with Crippen LogP contribution in [0.1, 0.15) is 90.5 Å². The lowest BCUT2D eigenvalue weighted by molar-refractivity contribution is 0.224. The molecule has 2 fully saturated rings. The van der Waals surface area contributed by atoms with E-state index < -0.39 is 0 Å². The van der Waals surface area contributed by atoms with Crippen LogP contribution in [0, 0.1) is 11.3 Å². The van der Waals surface area contributed by atoms with E-state index in [1.54, 1.807) is 0 Å². The zero-order chi connectivity index (χ0) is 18.1. The predicted octanol–water partition coefficient (Wildman–Crippen LogP) is 6.08. The molecule has 1 aromatic rings. The first-order valence-electron chi connectivity index (χ1n) is 10.4. The average molecular weight is 343 g/mol. The van der Waals surface area contributed by atoms with E-state index >= 15 is 0 Å². The molecule has 3 rings (SSSR count). The van der Waals surface area contributed by atoms with Gasteiger partial charge in [0.15, 0.2) is 0 Å². The van der Waals surface area contributed by atoms with Crippen molar-refractivity contribution in [2.45, 2.75) is 96.6 Å². The molecule has 2 heteroatoms. The van der Waals surface area contributed by atoms with E-state index in [2.05, 4.69) is 57.3 Å². The minimum Gasteiger partial charge on any atom is -0.382 e. The number of nitrogens with two attached hydrogens (primary N) is 1. The minimum atomic E-state index is -0.0266. The summed E-state index contributed by atoms with van der Waals surface area (Å²) in [7, 11) is 0. The maximum atomic E-state index is 6.29. The smallest absolute Gasteiger partial charge is 0.0342 e. The molecule has 2 aliphatic rings. The van der Waals surface area contributed by atoms with Gasteiger partial charge < -0.3 is 11.1 Å². The third-order valence-electron chi connectivity index (χ3n) is 6.87. The molecule has 2 aliphatic carbocycles. The van der Waals surface area contributed by atoms with Gasteiger partial charge in [-0.1, -0.05) is 26.0 Å². The van der Waals surface area contributed by atoms with Crippen LogP contribution >= 0.6 is 0 Å². The maximum Gasteiger partial charge on any atom is 0.0342 e. The first kappa shape index (κ1) is 18.8. The monoisotopic (exact) mass is 342 g/mol. The van der Waals surface area contributed by atoms with E-state index in [9.17, 15) is 0 Å². The fourth-order valence-electron chi connectivity index (χ4n) is 4.80. The highest BCUT2D eigenvalue weighted by Crippen LogP contribution is 2.42. The molecule has 0 saturated heterocycles. The lowest BCUT2D eigenvalue weighted by atomic mass is 9.71. The molecule has 2 saturated carbocycles. The highest BCUT2D eigenvalue weighted by atomic mass is 14.9. The molecule has 2 nitrogen and oxygen atoms in total. The summed E-state index contributed by atoms with van der Waals surface area (Å²) in [4.78, 5) is 0. The van der Waals surface area contributed by atoms with Crippen molar-refractivity contribution >= 4 is 5.69 Å². The Morgan fingerprint density at radius 1 is 0.920 bits per heavy atom. The summed E-state index contributed by atoms with van der Waals surface area (Å²) in [5.74, 6) is 1.44. The molecule has 0 unspecified atom stereocenters. The van der Waals surface area contributed by atoms with Crippen molar-refractivity contribution < 1.29 is 0 Å². The molecule has 0 amide bonds. The van der Waals surface area contributed by atoms with Crippen LogP contribution in [-0.2, 0) is 0 Å². The van der Waals surface area contributed by atoms with E-state index in [0.717, 1.165) is 5.92 Å². The number of hydrogen-bond acceptors (Lipinski definition) is 2. The van der Waals surface area contributed by atoms with Gasteiger partial charge in [-0.15, -0.1) is 0 Å². The van der Waals surface area contributed by atoms with Gasteiger partial charge in [0.1, 0.15) is 0 Å². The van der Waals surface area contributed by atoms with Gasteiger partial charge in [0.2, 0.25) is 0 Å². The van der Waals surface area contributed by atoms with Crippen molar-refractivity contribution in [1.29, 1.82) is 0 Å². The van der Waals surface area contributed by atoms with Crippen LogP contribution in [0.25, 0.3) is 0 Å². The summed E-state index contributed by atoms with van der Waals surface area (Å²) in [6.45, 7) is 9.18. The van der Waals surface area contributed by atoms with Crippen molar-refractivity contribution in [2.75, 3.05) is 5.32 Å². The van der Waals surface area contributed by atoms with Crippen LogP contribution in [0.5, 0.6) is 0 Å². The Morgan fingerprint density at radius 2 is 1.48 bits per heavy atom. The summed E-state index contributed by atoms with van der Waals surface area (Å²) in [5, 5.41) is 3.76. The quantitative estimate of drug-likeness (QED) is 0.696. The van der Waals surface area contributed by atoms with E-state index in [-0.39, 0.29) is 5.54 Å². The molecule has 1 aromatic carbocycles. The van der Waals surface area contributed by atoms with Crippen LogP contribution in [0.3, 0.4) is 0 Å². The summed E-state index contributed by atoms with van der Waals surface area (Å²) >= 11 is 0. The van der Waals surface area contributed by atoms with Crippen LogP contribution in [0.15, 0.2) is 24.3 Å². The lowest BCUT2D eigenvalue weighted by Crippen LogP contribution is -2.44. The molecular weight excluding hydrogens is 304 g/mol. The van der Waals surface area contributed by atoms with E-state index in [4.69, 9.17) is 5.73 Å². The average Bonchev–Trinajstić information content (AvgIpc) is 2.55. The Balaban J connectivity index is 1.50. The topological polar surface area (TPSA) is 38.0 Å². The summed E-state index contributed by atoms with van der Waals surface area (Å²) in [6, 6.07) is 9.93. The van der Waals surface area contributed by atoms with Crippen LogP contribution in [-0.4, -0.2) is 11.6 Å². The van der Waals surface area contributed by atoms with Crippen molar-refractivity contribution in [3.05, 3.63) is 29.8 Å². The van der Waals surface area contributed by atoms with Crippen LogP contribution in [0.4, 0.5) is 5.69 Å². The normalized spacial score (nSPS) is 27.9. The van der Waals surface area contributed by atoms with Crippen molar-refractivity contribution in [3.8, 4) is 0 Å². The molecule has 0 aromatic heterocycles. The van der Waals surface area contributed by atoms with Gasteiger partial charge in [-0.3, -0.25) is 0 Å². The van der Waals surface area contributed by atoms with Crippen molar-refractivity contribution in [3.63, 3.8) is 0 Å². The molecular formula is C23H38N2. The van der Waals surface area contributed by atoms with Gasteiger partial charge in [0, 0.05) is 17.3 Å². The fraction of sp³-hybridized carbons (Fsp3) is 0.739. The van der Waals surface area contributed by atoms with Gasteiger partial charge >= 0.3 is 0 Å². The minimum absolute atomic E-state index is 0.0266. The van der Waals surface area contributed by atoms with E-state index in [1.807, 2.05) is 0 Å². The van der Waals surface area contributed by atoms with E-state index in [0.29, 0.717) is 17.4 Å². The standard InChI is InChI=1S/C23H38N2/c1-22(2)15-13-18(14-16-22)17-5-9-20(10-6-17)25-21-11-7-19(8-12-21)23(3,4)24/h5-6,9-10,18-19,21,25H,7-8,11-16,24H2,1-4H3. The zero-order valence-electron chi connectivity index (χ0n) is 16.8. The Kier molecular flexibility index (Phi) is 5.48. The van der Waals surface area contributed by atoms with Gasteiger partial charge in [-0.05, 0) is 100 Å². The van der Waals surface area contributed by atoms with Gasteiger partial charge in [-0.2, -0.15) is 0 Å². The lowest BCUT2D eigenvalue weighted by Gasteiger charge is -2.37. The van der Waals surface area contributed by atoms with Crippen molar-refractivity contribution in [1.82, 2.24) is 0 Å². The second-order valence-corrected chi connectivity index (χ2v) is 10.1. The third kappa shape index (κ3) is 5.00. The Labute approximate surface area is 155 Å². The Morgan fingerprint density at radius 3 is 2.00 bits per heavy atom. The highest BCUT2D eigenvalue weighted by molar-refractivity contribution is 5.46. The van der Waals surface area contributed by atoms with E-state index in [1.165, 1.54) is 62.6 Å². The largest absolute Gasteiger partial charge is 0.382 e. The Bertz CT molecular complexity index is 534. The molecule has 25 heavy (non-hydrogen) atoms. The molecule has 0 atom stereocenters. The third-order valence-corrected chi connectivity index (χ3v) is 6.87. The molecule has 3 N–H and O–H groups in total. The number of rotatable bonds is 4. The highest BCUT2D eigenvalue weighted by Gasteiger charge is 2.30. The van der Waals surface area contributed by atoms with Gasteiger partial charge in [0.05, 0.1) is 0 Å². The molecule has 0 heterocycles. The van der Waals surface area contributed by atoms with Gasteiger partial charge in [-0.25, -0.2) is 0 Å². The number of nitrogens with one attached hydrogen (secondary N) is 1. The fourth-order valence-corrected chi connectivity index (χ4v) is 4.80. The maximum absolute atomic E-state index is 6.29. The summed E-state index contributed by atoms with van der Waals surface area (Å²) in [6.07, 6.45) is 10.4. The molecule has 0 bridgehead atoms. The number of hydrogen-bond donors (Lipinski definition) is 2. The first-order chi connectivity index (χ1) is 11.7. The molecule has 0 radical (unpaired) electrons. The first-order valence-corrected chi connectivity index (χ1v) is 10.4. The summed E-state index contributed by atoms with van der Waals surface area (Å²) < 4.78 is 0. The van der Waals surface area contributed by atoms with Crippen LogP contribution in [0.2, 0.25) is 0 Å². The Hall–Kier alpha value is -1.02. The zero-order valence-corrected chi connectivity index (χ0v) is 16.8. The second-order valence-electron chi connectivity index (χ2n) is 10.1. The number of anilines is 1. The molecule has 0 aliphatic heterocycles. The molecule has 0 spiro atoms.